The van der Waals surface area contributed by atoms with Crippen LogP contribution in [0, 0.1) is 6.92 Å². The molecular formula is C14H14O4S. The number of aryl methyl sites for hydroxylation is 1. The van der Waals surface area contributed by atoms with Gasteiger partial charge in [-0.3, -0.25) is 0 Å². The van der Waals surface area contributed by atoms with Crippen LogP contribution in [0.15, 0.2) is 39.6 Å². The molecule has 0 aliphatic carbocycles. The van der Waals surface area contributed by atoms with Gasteiger partial charge in [-0.1, -0.05) is 6.07 Å². The monoisotopic (exact) mass is 278 g/mol. The molecule has 0 spiro atoms. The molecule has 1 aromatic carbocycles. The van der Waals surface area contributed by atoms with Gasteiger partial charge in [-0.25, -0.2) is 4.79 Å². The minimum absolute atomic E-state index is 0.0151. The second-order valence-electron chi connectivity index (χ2n) is 3.96. The molecule has 0 aliphatic rings. The molecule has 0 saturated carbocycles. The number of benzene rings is 1. The first-order valence-electron chi connectivity index (χ1n) is 5.69. The van der Waals surface area contributed by atoms with E-state index in [4.69, 9.17) is 14.3 Å². The van der Waals surface area contributed by atoms with Crippen LogP contribution >= 0.6 is 11.8 Å². The highest BCUT2D eigenvalue weighted by Crippen LogP contribution is 2.28. The van der Waals surface area contributed by atoms with Gasteiger partial charge in [0.15, 0.2) is 0 Å². The van der Waals surface area contributed by atoms with Crippen LogP contribution in [0.1, 0.15) is 21.9 Å². The van der Waals surface area contributed by atoms with Crippen LogP contribution in [-0.2, 0) is 5.75 Å². The van der Waals surface area contributed by atoms with Gasteiger partial charge in [0.1, 0.15) is 11.5 Å². The molecule has 0 unspecified atom stereocenters. The minimum atomic E-state index is -1.04. The predicted molar refractivity (Wildman–Crippen MR) is 73.0 cm³/mol. The summed E-state index contributed by atoms with van der Waals surface area (Å²) in [6.45, 7) is 1.77. The number of carboxylic acids is 1. The van der Waals surface area contributed by atoms with E-state index in [9.17, 15) is 4.79 Å². The summed E-state index contributed by atoms with van der Waals surface area (Å²) in [5.41, 5.74) is 0.894. The average molecular weight is 278 g/mol. The maximum absolute atomic E-state index is 10.8. The van der Waals surface area contributed by atoms with Crippen molar-refractivity contribution in [2.75, 3.05) is 7.11 Å². The number of thioether (sulfide) groups is 1. The average Bonchev–Trinajstić information content (AvgIpc) is 2.78. The highest BCUT2D eigenvalue weighted by Gasteiger charge is 2.13. The Labute approximate surface area is 115 Å². The van der Waals surface area contributed by atoms with Gasteiger partial charge in [-0.05, 0) is 31.2 Å². The van der Waals surface area contributed by atoms with Gasteiger partial charge in [0.25, 0.3) is 0 Å². The lowest BCUT2D eigenvalue weighted by molar-refractivity contribution is 0.0661. The van der Waals surface area contributed by atoms with Crippen molar-refractivity contribution in [3.63, 3.8) is 0 Å². The summed E-state index contributed by atoms with van der Waals surface area (Å²) in [7, 11) is 1.63. The zero-order valence-corrected chi connectivity index (χ0v) is 11.5. The van der Waals surface area contributed by atoms with Crippen LogP contribution in [0.5, 0.6) is 5.75 Å². The molecule has 1 aromatic heterocycles. The normalized spacial score (nSPS) is 10.4. The van der Waals surface area contributed by atoms with Gasteiger partial charge in [-0.2, -0.15) is 0 Å². The maximum Gasteiger partial charge on any atom is 0.371 e. The smallest absolute Gasteiger partial charge is 0.371 e. The lowest BCUT2D eigenvalue weighted by Gasteiger charge is -2.03. The molecular weight excluding hydrogens is 264 g/mol. The summed E-state index contributed by atoms with van der Waals surface area (Å²) in [4.78, 5) is 11.9. The standard InChI is InChI=1S/C14H14O4S/c1-9-10(6-13(18-9)14(15)16)8-19-12-5-3-4-11(7-12)17-2/h3-7H,8H2,1-2H3,(H,15,16). The van der Waals surface area contributed by atoms with E-state index in [1.54, 1.807) is 31.9 Å². The van der Waals surface area contributed by atoms with Crippen molar-refractivity contribution in [3.05, 3.63) is 47.4 Å². The second-order valence-corrected chi connectivity index (χ2v) is 5.01. The van der Waals surface area contributed by atoms with Crippen LogP contribution in [0.4, 0.5) is 0 Å². The van der Waals surface area contributed by atoms with E-state index in [1.807, 2.05) is 24.3 Å². The summed E-state index contributed by atoms with van der Waals surface area (Å²) in [6.07, 6.45) is 0. The predicted octanol–water partition coefficient (Wildman–Crippen LogP) is 3.59. The second kappa shape index (κ2) is 5.84. The van der Waals surface area contributed by atoms with Crippen molar-refractivity contribution in [2.24, 2.45) is 0 Å². The zero-order valence-electron chi connectivity index (χ0n) is 10.7. The number of hydrogen-bond donors (Lipinski definition) is 1. The van der Waals surface area contributed by atoms with Crippen LogP contribution in [0.2, 0.25) is 0 Å². The van der Waals surface area contributed by atoms with Crippen LogP contribution < -0.4 is 4.74 Å². The molecule has 2 rings (SSSR count). The Morgan fingerprint density at radius 3 is 2.84 bits per heavy atom. The third-order valence-corrected chi connectivity index (χ3v) is 3.71. The van der Waals surface area contributed by atoms with Gasteiger partial charge in [0.05, 0.1) is 7.11 Å². The molecule has 1 N–H and O–H groups in total. The van der Waals surface area contributed by atoms with Gasteiger partial charge in [-0.15, -0.1) is 11.8 Å². The molecule has 0 atom stereocenters. The van der Waals surface area contributed by atoms with Crippen LogP contribution in [0.3, 0.4) is 0 Å². The largest absolute Gasteiger partial charge is 0.497 e. The van der Waals surface area contributed by atoms with Crippen molar-refractivity contribution < 1.29 is 19.1 Å². The molecule has 0 fully saturated rings. The molecule has 19 heavy (non-hydrogen) atoms. The van der Waals surface area contributed by atoms with E-state index in [2.05, 4.69) is 0 Å². The summed E-state index contributed by atoms with van der Waals surface area (Å²) < 4.78 is 10.3. The third-order valence-electron chi connectivity index (χ3n) is 2.67. The summed E-state index contributed by atoms with van der Waals surface area (Å²) in [5, 5.41) is 8.86. The van der Waals surface area contributed by atoms with Crippen molar-refractivity contribution in [1.82, 2.24) is 0 Å². The maximum atomic E-state index is 10.8. The lowest BCUT2D eigenvalue weighted by Crippen LogP contribution is -1.91. The van der Waals surface area contributed by atoms with Crippen LogP contribution in [0.25, 0.3) is 0 Å². The number of hydrogen-bond acceptors (Lipinski definition) is 4. The number of furan rings is 1. The Morgan fingerprint density at radius 1 is 1.42 bits per heavy atom. The Balaban J connectivity index is 2.07. The first kappa shape index (κ1) is 13.5. The zero-order chi connectivity index (χ0) is 13.8. The molecule has 0 radical (unpaired) electrons. The lowest BCUT2D eigenvalue weighted by atomic mass is 10.3. The Kier molecular flexibility index (Phi) is 4.16. The van der Waals surface area contributed by atoms with E-state index in [0.717, 1.165) is 16.2 Å². The molecule has 0 amide bonds. The van der Waals surface area contributed by atoms with Gasteiger partial charge >= 0.3 is 5.97 Å². The highest BCUT2D eigenvalue weighted by molar-refractivity contribution is 7.98. The SMILES string of the molecule is COc1cccc(SCc2cc(C(=O)O)oc2C)c1. The van der Waals surface area contributed by atoms with Crippen molar-refractivity contribution in [3.8, 4) is 5.75 Å². The number of carbonyl (C=O) groups is 1. The van der Waals surface area contributed by atoms with E-state index in [0.29, 0.717) is 11.5 Å². The molecule has 0 bridgehead atoms. The molecule has 4 nitrogen and oxygen atoms in total. The van der Waals surface area contributed by atoms with E-state index in [1.165, 1.54) is 0 Å². The Hall–Kier alpha value is -1.88. The van der Waals surface area contributed by atoms with Crippen molar-refractivity contribution >= 4 is 17.7 Å². The first-order valence-corrected chi connectivity index (χ1v) is 6.68. The summed E-state index contributed by atoms with van der Waals surface area (Å²) in [6, 6.07) is 9.31. The van der Waals surface area contributed by atoms with Gasteiger partial charge in [0.2, 0.25) is 5.76 Å². The molecule has 1 heterocycles. The molecule has 0 aliphatic heterocycles. The fraction of sp³-hybridized carbons (Fsp3) is 0.214. The molecule has 0 saturated heterocycles. The Bertz CT molecular complexity index is 589. The number of ether oxygens (including phenoxy) is 1. The van der Waals surface area contributed by atoms with E-state index >= 15 is 0 Å². The molecule has 100 valence electrons. The number of carboxylic acid groups (broad SMARTS) is 1. The number of aromatic carboxylic acids is 1. The Morgan fingerprint density at radius 2 is 2.21 bits per heavy atom. The van der Waals surface area contributed by atoms with Crippen molar-refractivity contribution in [2.45, 2.75) is 17.6 Å². The van der Waals surface area contributed by atoms with Gasteiger partial charge in [0, 0.05) is 16.2 Å². The molecule has 5 heteroatoms. The summed E-state index contributed by atoms with van der Waals surface area (Å²) >= 11 is 1.61. The third kappa shape index (κ3) is 3.32. The van der Waals surface area contributed by atoms with E-state index < -0.39 is 5.97 Å². The fourth-order valence-corrected chi connectivity index (χ4v) is 2.60. The topological polar surface area (TPSA) is 59.7 Å². The fourth-order valence-electron chi connectivity index (χ4n) is 1.62. The van der Waals surface area contributed by atoms with Crippen molar-refractivity contribution in [1.29, 1.82) is 0 Å². The van der Waals surface area contributed by atoms with Gasteiger partial charge < -0.3 is 14.3 Å². The minimum Gasteiger partial charge on any atom is -0.497 e. The quantitative estimate of drug-likeness (QED) is 0.847. The number of rotatable bonds is 5. The number of methoxy groups -OCH3 is 1. The summed E-state index contributed by atoms with van der Waals surface area (Å²) in [5.74, 6) is 1.06. The van der Waals surface area contributed by atoms with Crippen LogP contribution in [-0.4, -0.2) is 18.2 Å². The highest BCUT2D eigenvalue weighted by atomic mass is 32.2. The van der Waals surface area contributed by atoms with E-state index in [-0.39, 0.29) is 5.76 Å². The molecule has 2 aromatic rings. The first-order chi connectivity index (χ1) is 9.10.